The number of nitrogens with zero attached hydrogens (tertiary/aromatic N) is 2. The highest BCUT2D eigenvalue weighted by atomic mass is 19.1. The molecule has 27 heavy (non-hydrogen) atoms. The Morgan fingerprint density at radius 3 is 2.70 bits per heavy atom. The van der Waals surface area contributed by atoms with Crippen LogP contribution in [0.1, 0.15) is 28.4 Å². The minimum Gasteiger partial charge on any atom is -0.465 e. The number of hydrogen-bond acceptors (Lipinski definition) is 8. The van der Waals surface area contributed by atoms with Gasteiger partial charge in [-0.1, -0.05) is 5.16 Å². The lowest BCUT2D eigenvalue weighted by Crippen LogP contribution is -2.09. The van der Waals surface area contributed by atoms with E-state index in [9.17, 15) is 14.0 Å². The summed E-state index contributed by atoms with van der Waals surface area (Å²) in [6.45, 7) is -0.194. The van der Waals surface area contributed by atoms with Crippen LogP contribution in [0.4, 0.5) is 4.39 Å². The van der Waals surface area contributed by atoms with E-state index in [-0.39, 0.29) is 42.5 Å². The number of methoxy groups -OCH3 is 1. The van der Waals surface area contributed by atoms with Gasteiger partial charge in [0.25, 0.3) is 0 Å². The number of aryl methyl sites for hydroxylation is 1. The molecule has 0 aliphatic carbocycles. The maximum Gasteiger partial charge on any atom is 0.341 e. The molecule has 0 aliphatic rings. The maximum atomic E-state index is 12.9. The molecule has 3 aromatic rings. The highest BCUT2D eigenvalue weighted by Crippen LogP contribution is 2.17. The van der Waals surface area contributed by atoms with Gasteiger partial charge in [0.1, 0.15) is 18.0 Å². The first-order valence-corrected chi connectivity index (χ1v) is 7.95. The first kappa shape index (κ1) is 18.3. The Bertz CT molecular complexity index is 931. The Hall–Kier alpha value is -3.49. The molecule has 0 unspecified atom stereocenters. The summed E-state index contributed by atoms with van der Waals surface area (Å²) in [4.78, 5) is 27.5. The molecule has 0 N–H and O–H groups in total. The number of carbonyl (C=O) groups is 2. The smallest absolute Gasteiger partial charge is 0.341 e. The molecule has 140 valence electrons. The molecule has 0 radical (unpaired) electrons. The van der Waals surface area contributed by atoms with E-state index >= 15 is 0 Å². The van der Waals surface area contributed by atoms with Crippen molar-refractivity contribution in [3.63, 3.8) is 0 Å². The first-order chi connectivity index (χ1) is 13.1. The molecule has 0 fully saturated rings. The third-order valence-electron chi connectivity index (χ3n) is 3.63. The van der Waals surface area contributed by atoms with E-state index < -0.39 is 11.9 Å². The third kappa shape index (κ3) is 4.57. The van der Waals surface area contributed by atoms with Crippen LogP contribution in [0.2, 0.25) is 0 Å². The van der Waals surface area contributed by atoms with Crippen LogP contribution >= 0.6 is 0 Å². The van der Waals surface area contributed by atoms with Gasteiger partial charge in [0.2, 0.25) is 11.7 Å². The number of benzene rings is 1. The van der Waals surface area contributed by atoms with Gasteiger partial charge in [0, 0.05) is 12.0 Å². The van der Waals surface area contributed by atoms with E-state index in [1.54, 1.807) is 0 Å². The normalized spacial score (nSPS) is 10.6. The van der Waals surface area contributed by atoms with Crippen molar-refractivity contribution in [1.82, 2.24) is 10.1 Å². The number of furan rings is 1. The highest BCUT2D eigenvalue weighted by molar-refractivity contribution is 5.90. The fraction of sp³-hybridized carbons (Fsp3) is 0.222. The number of aromatic nitrogens is 2. The van der Waals surface area contributed by atoms with Crippen molar-refractivity contribution in [2.24, 2.45) is 0 Å². The minimum absolute atomic E-state index is 0.000677. The number of halogens is 1. The van der Waals surface area contributed by atoms with Gasteiger partial charge < -0.3 is 18.4 Å². The Balaban J connectivity index is 1.51. The maximum absolute atomic E-state index is 12.9. The van der Waals surface area contributed by atoms with Gasteiger partial charge in [0.05, 0.1) is 19.8 Å². The largest absolute Gasteiger partial charge is 0.465 e. The Kier molecular flexibility index (Phi) is 5.60. The van der Waals surface area contributed by atoms with Crippen LogP contribution in [0.15, 0.2) is 45.5 Å². The minimum atomic E-state index is -0.575. The Labute approximate surface area is 152 Å². The van der Waals surface area contributed by atoms with Crippen LogP contribution < -0.4 is 0 Å². The summed E-state index contributed by atoms with van der Waals surface area (Å²) in [6, 6.07) is 7.07. The SMILES string of the molecule is COC(=O)c1ccoc1COC(=O)CCc1nc(-c2ccc(F)cc2)no1. The second-order valence-corrected chi connectivity index (χ2v) is 5.43. The lowest BCUT2D eigenvalue weighted by Gasteiger charge is -2.03. The van der Waals surface area contributed by atoms with Crippen molar-refractivity contribution in [3.8, 4) is 11.4 Å². The van der Waals surface area contributed by atoms with Gasteiger partial charge >= 0.3 is 11.9 Å². The molecule has 0 aliphatic heterocycles. The molecule has 1 aromatic carbocycles. The summed E-state index contributed by atoms with van der Waals surface area (Å²) >= 11 is 0. The number of hydrogen-bond donors (Lipinski definition) is 0. The monoisotopic (exact) mass is 374 g/mol. The molecule has 0 saturated heterocycles. The second kappa shape index (κ2) is 8.26. The van der Waals surface area contributed by atoms with E-state index in [2.05, 4.69) is 14.9 Å². The quantitative estimate of drug-likeness (QED) is 0.581. The molecule has 2 heterocycles. The molecule has 0 amide bonds. The van der Waals surface area contributed by atoms with Crippen LogP contribution in [0, 0.1) is 5.82 Å². The second-order valence-electron chi connectivity index (χ2n) is 5.43. The Morgan fingerprint density at radius 1 is 1.19 bits per heavy atom. The number of esters is 2. The molecular formula is C18H15FN2O6. The standard InChI is InChI=1S/C18H15FN2O6/c1-24-18(23)13-8-9-25-14(13)10-26-16(22)7-6-15-20-17(21-27-15)11-2-4-12(19)5-3-11/h2-5,8-9H,6-7,10H2,1H3. The number of ether oxygens (including phenoxy) is 2. The molecule has 0 bridgehead atoms. The topological polar surface area (TPSA) is 105 Å². The summed E-state index contributed by atoms with van der Waals surface area (Å²) < 4.78 is 32.8. The zero-order chi connectivity index (χ0) is 19.2. The van der Waals surface area contributed by atoms with Crippen molar-refractivity contribution in [2.45, 2.75) is 19.4 Å². The number of carbonyl (C=O) groups excluding carboxylic acids is 2. The average Bonchev–Trinajstić information content (AvgIpc) is 3.34. The highest BCUT2D eigenvalue weighted by Gasteiger charge is 2.17. The molecular weight excluding hydrogens is 359 g/mol. The molecule has 8 nitrogen and oxygen atoms in total. The fourth-order valence-corrected chi connectivity index (χ4v) is 2.24. The van der Waals surface area contributed by atoms with Crippen molar-refractivity contribution in [2.75, 3.05) is 7.11 Å². The van der Waals surface area contributed by atoms with E-state index in [1.807, 2.05) is 0 Å². The summed E-state index contributed by atoms with van der Waals surface area (Å²) in [7, 11) is 1.25. The van der Waals surface area contributed by atoms with Crippen molar-refractivity contribution >= 4 is 11.9 Å². The molecule has 3 rings (SSSR count). The predicted octanol–water partition coefficient (Wildman–Crippen LogP) is 2.93. The van der Waals surface area contributed by atoms with Gasteiger partial charge in [-0.3, -0.25) is 4.79 Å². The van der Waals surface area contributed by atoms with Crippen LogP contribution in [0.5, 0.6) is 0 Å². The summed E-state index contributed by atoms with van der Waals surface area (Å²) in [5.74, 6) is -0.711. The molecule has 9 heteroatoms. The summed E-state index contributed by atoms with van der Waals surface area (Å²) in [5, 5.41) is 3.79. The molecule has 0 saturated carbocycles. The van der Waals surface area contributed by atoms with Crippen molar-refractivity contribution in [1.29, 1.82) is 0 Å². The van der Waals surface area contributed by atoms with Crippen LogP contribution in [-0.2, 0) is 27.3 Å². The van der Waals surface area contributed by atoms with Crippen LogP contribution in [0.25, 0.3) is 11.4 Å². The van der Waals surface area contributed by atoms with E-state index in [4.69, 9.17) is 13.7 Å². The van der Waals surface area contributed by atoms with Gasteiger partial charge in [0.15, 0.2) is 5.76 Å². The average molecular weight is 374 g/mol. The van der Waals surface area contributed by atoms with Crippen LogP contribution in [0.3, 0.4) is 0 Å². The van der Waals surface area contributed by atoms with Crippen LogP contribution in [-0.4, -0.2) is 29.2 Å². The van der Waals surface area contributed by atoms with Gasteiger partial charge in [-0.15, -0.1) is 0 Å². The zero-order valence-electron chi connectivity index (χ0n) is 14.3. The lowest BCUT2D eigenvalue weighted by atomic mass is 10.2. The summed E-state index contributed by atoms with van der Waals surface area (Å²) in [6.07, 6.45) is 1.49. The Morgan fingerprint density at radius 2 is 1.96 bits per heavy atom. The third-order valence-corrected chi connectivity index (χ3v) is 3.63. The van der Waals surface area contributed by atoms with E-state index in [0.717, 1.165) is 0 Å². The molecule has 0 atom stereocenters. The molecule has 0 spiro atoms. The summed E-state index contributed by atoms with van der Waals surface area (Å²) in [5.41, 5.74) is 0.799. The molecule has 2 aromatic heterocycles. The fourth-order valence-electron chi connectivity index (χ4n) is 2.24. The zero-order valence-corrected chi connectivity index (χ0v) is 14.3. The van der Waals surface area contributed by atoms with E-state index in [1.165, 1.54) is 43.7 Å². The van der Waals surface area contributed by atoms with Gasteiger partial charge in [-0.2, -0.15) is 4.98 Å². The lowest BCUT2D eigenvalue weighted by molar-refractivity contribution is -0.145. The van der Waals surface area contributed by atoms with Crippen molar-refractivity contribution in [3.05, 3.63) is 59.6 Å². The number of rotatable bonds is 7. The van der Waals surface area contributed by atoms with Gasteiger partial charge in [-0.25, -0.2) is 9.18 Å². The van der Waals surface area contributed by atoms with Gasteiger partial charge in [-0.05, 0) is 30.3 Å². The van der Waals surface area contributed by atoms with Crippen molar-refractivity contribution < 1.29 is 32.4 Å². The van der Waals surface area contributed by atoms with E-state index in [0.29, 0.717) is 11.4 Å². The predicted molar refractivity (Wildman–Crippen MR) is 87.9 cm³/mol. The first-order valence-electron chi connectivity index (χ1n) is 7.95.